The molecule has 0 radical (unpaired) electrons. The number of fused-ring (bicyclic) bond motifs is 1. The van der Waals surface area contributed by atoms with Gasteiger partial charge in [-0.05, 0) is 43.0 Å². The van der Waals surface area contributed by atoms with Crippen molar-refractivity contribution in [2.45, 2.75) is 42.9 Å². The predicted octanol–water partition coefficient (Wildman–Crippen LogP) is 5.53. The third-order valence-corrected chi connectivity index (χ3v) is 8.46. The predicted molar refractivity (Wildman–Crippen MR) is 140 cm³/mol. The molecule has 4 aromatic rings. The summed E-state index contributed by atoms with van der Waals surface area (Å²) >= 11 is 3.31. The third-order valence-electron chi connectivity index (χ3n) is 6.27. The van der Waals surface area contributed by atoms with Gasteiger partial charge in [0.2, 0.25) is 5.91 Å². The van der Waals surface area contributed by atoms with Gasteiger partial charge in [-0.2, -0.15) is 0 Å². The summed E-state index contributed by atoms with van der Waals surface area (Å²) in [5.41, 5.74) is 1.52. The summed E-state index contributed by atoms with van der Waals surface area (Å²) in [6.45, 7) is 3.57. The number of carbonyl (C=O) groups is 1. The summed E-state index contributed by atoms with van der Waals surface area (Å²) < 4.78 is 15.7. The first-order valence-electron chi connectivity index (χ1n) is 11.6. The first kappa shape index (κ1) is 23.9. The molecule has 1 aliphatic heterocycles. The second kappa shape index (κ2) is 10.4. The minimum atomic E-state index is -0.323. The molecule has 5 nitrogen and oxygen atoms in total. The smallest absolute Gasteiger partial charge is 0.240 e. The van der Waals surface area contributed by atoms with Crippen LogP contribution in [0.3, 0.4) is 0 Å². The molecular formula is C27H27FN4OS2. The lowest BCUT2D eigenvalue weighted by Gasteiger charge is -2.27. The molecule has 0 spiro atoms. The molecule has 2 aromatic heterocycles. The van der Waals surface area contributed by atoms with Crippen LogP contribution < -0.4 is 0 Å². The van der Waals surface area contributed by atoms with Gasteiger partial charge in [-0.1, -0.05) is 48.2 Å². The van der Waals surface area contributed by atoms with E-state index in [1.807, 2.05) is 38.2 Å². The Morgan fingerprint density at radius 1 is 1.20 bits per heavy atom. The zero-order valence-electron chi connectivity index (χ0n) is 19.7. The highest BCUT2D eigenvalue weighted by Gasteiger charge is 2.39. The van der Waals surface area contributed by atoms with Gasteiger partial charge in [-0.25, -0.2) is 14.4 Å². The maximum absolute atomic E-state index is 14.5. The van der Waals surface area contributed by atoms with Crippen LogP contribution in [0.15, 0.2) is 72.0 Å². The zero-order valence-corrected chi connectivity index (χ0v) is 21.4. The molecule has 0 aliphatic carbocycles. The second-order valence-corrected chi connectivity index (χ2v) is 11.4. The van der Waals surface area contributed by atoms with Crippen molar-refractivity contribution in [2.75, 3.05) is 13.6 Å². The molecule has 1 saturated heterocycles. The number of thioether (sulfide) groups is 1. The molecule has 5 rings (SSSR count). The van der Waals surface area contributed by atoms with E-state index >= 15 is 0 Å². The summed E-state index contributed by atoms with van der Waals surface area (Å²) in [5.74, 6) is -0.178. The first-order valence-corrected chi connectivity index (χ1v) is 13.3. The fourth-order valence-electron chi connectivity index (χ4n) is 4.54. The van der Waals surface area contributed by atoms with Gasteiger partial charge in [0.15, 0.2) is 5.16 Å². The summed E-state index contributed by atoms with van der Waals surface area (Å²) in [4.78, 5) is 27.6. The number of halogens is 1. The quantitative estimate of drug-likeness (QED) is 0.309. The topological polar surface area (TPSA) is 49.3 Å². The minimum absolute atomic E-state index is 0.0621. The number of benzene rings is 2. The molecule has 2 aromatic carbocycles. The molecule has 8 heteroatoms. The van der Waals surface area contributed by atoms with E-state index in [2.05, 4.69) is 33.1 Å². The fraction of sp³-hybridized carbons (Fsp3) is 0.296. The SMILES string of the molecule is Cc1ccnc(S[C@@H]2C[C@@H](C(=O)N(C)Cc3cc4ccccc4s3)N(Cc3ccccc3F)C2)n1. The number of hydrogen-bond acceptors (Lipinski definition) is 6. The van der Waals surface area contributed by atoms with Gasteiger partial charge in [0.05, 0.1) is 12.6 Å². The highest BCUT2D eigenvalue weighted by molar-refractivity contribution is 7.99. The van der Waals surface area contributed by atoms with Crippen molar-refractivity contribution >= 4 is 39.1 Å². The fourth-order valence-corrected chi connectivity index (χ4v) is 6.82. The Morgan fingerprint density at radius 3 is 2.80 bits per heavy atom. The van der Waals surface area contributed by atoms with E-state index < -0.39 is 0 Å². The van der Waals surface area contributed by atoms with Gasteiger partial charge in [-0.15, -0.1) is 11.3 Å². The number of amides is 1. The van der Waals surface area contributed by atoms with Crippen molar-refractivity contribution in [2.24, 2.45) is 0 Å². The molecule has 3 heterocycles. The largest absolute Gasteiger partial charge is 0.339 e. The van der Waals surface area contributed by atoms with E-state index in [0.717, 1.165) is 10.6 Å². The van der Waals surface area contributed by atoms with Crippen LogP contribution in [0.1, 0.15) is 22.6 Å². The number of aryl methyl sites for hydroxylation is 1. The minimum Gasteiger partial charge on any atom is -0.339 e. The molecule has 1 fully saturated rings. The molecule has 180 valence electrons. The van der Waals surface area contributed by atoms with Crippen molar-refractivity contribution < 1.29 is 9.18 Å². The van der Waals surface area contributed by atoms with Crippen LogP contribution in [0.4, 0.5) is 4.39 Å². The lowest BCUT2D eigenvalue weighted by Crippen LogP contribution is -2.43. The molecule has 0 bridgehead atoms. The molecular weight excluding hydrogens is 479 g/mol. The van der Waals surface area contributed by atoms with Crippen molar-refractivity contribution in [3.8, 4) is 0 Å². The van der Waals surface area contributed by atoms with Gasteiger partial charge in [0.25, 0.3) is 0 Å². The lowest BCUT2D eigenvalue weighted by atomic mass is 10.1. The van der Waals surface area contributed by atoms with Crippen LogP contribution in [0.5, 0.6) is 0 Å². The molecule has 0 N–H and O–H groups in total. The van der Waals surface area contributed by atoms with Crippen molar-refractivity contribution in [3.05, 3.63) is 88.8 Å². The van der Waals surface area contributed by atoms with E-state index in [-0.39, 0.29) is 23.0 Å². The van der Waals surface area contributed by atoms with Gasteiger partial charge in [0.1, 0.15) is 5.82 Å². The molecule has 1 amide bonds. The molecule has 0 saturated carbocycles. The Hall–Kier alpha value is -2.81. The first-order chi connectivity index (χ1) is 17.0. The number of hydrogen-bond donors (Lipinski definition) is 0. The maximum Gasteiger partial charge on any atom is 0.240 e. The number of nitrogens with zero attached hydrogens (tertiary/aromatic N) is 4. The van der Waals surface area contributed by atoms with E-state index in [4.69, 9.17) is 0 Å². The van der Waals surface area contributed by atoms with E-state index in [1.54, 1.807) is 46.3 Å². The Labute approximate surface area is 213 Å². The highest BCUT2D eigenvalue weighted by Crippen LogP contribution is 2.34. The normalized spacial score (nSPS) is 18.3. The molecule has 1 aliphatic rings. The van der Waals surface area contributed by atoms with Gasteiger partial charge < -0.3 is 4.90 Å². The monoisotopic (exact) mass is 506 g/mol. The van der Waals surface area contributed by atoms with Crippen LogP contribution in [0, 0.1) is 12.7 Å². The van der Waals surface area contributed by atoms with Crippen LogP contribution in [-0.2, 0) is 17.9 Å². The van der Waals surface area contributed by atoms with E-state index in [1.165, 1.54) is 16.2 Å². The molecule has 2 atom stereocenters. The van der Waals surface area contributed by atoms with E-state index in [9.17, 15) is 9.18 Å². The average molecular weight is 507 g/mol. The number of likely N-dealkylation sites (tertiary alicyclic amines) is 1. The summed E-state index contributed by atoms with van der Waals surface area (Å²) in [5, 5.41) is 2.06. The Balaban J connectivity index is 1.34. The lowest BCUT2D eigenvalue weighted by molar-refractivity contribution is -0.135. The van der Waals surface area contributed by atoms with Gasteiger partial charge in [0, 0.05) is 52.4 Å². The van der Waals surface area contributed by atoms with Crippen molar-refractivity contribution in [1.29, 1.82) is 0 Å². The average Bonchev–Trinajstić information content (AvgIpc) is 3.43. The van der Waals surface area contributed by atoms with Gasteiger partial charge >= 0.3 is 0 Å². The van der Waals surface area contributed by atoms with Crippen LogP contribution >= 0.6 is 23.1 Å². The van der Waals surface area contributed by atoms with Gasteiger partial charge in [-0.3, -0.25) is 9.69 Å². The summed E-state index contributed by atoms with van der Waals surface area (Å²) in [6, 6.07) is 18.8. The Morgan fingerprint density at radius 2 is 2.00 bits per heavy atom. The summed E-state index contributed by atoms with van der Waals surface area (Å²) in [7, 11) is 1.86. The Bertz CT molecular complexity index is 1310. The number of likely N-dealkylation sites (N-methyl/N-ethyl adjacent to an activating group) is 1. The number of carbonyl (C=O) groups excluding carboxylic acids is 1. The highest BCUT2D eigenvalue weighted by atomic mass is 32.2. The van der Waals surface area contributed by atoms with Crippen molar-refractivity contribution in [3.63, 3.8) is 0 Å². The number of rotatable bonds is 7. The third kappa shape index (κ3) is 5.55. The number of thiophene rings is 1. The Kier molecular flexibility index (Phi) is 7.13. The van der Waals surface area contributed by atoms with Crippen LogP contribution in [0.25, 0.3) is 10.1 Å². The van der Waals surface area contributed by atoms with E-state index in [0.29, 0.717) is 36.8 Å². The standard InChI is InChI=1S/C27H27FN4OS2/c1-18-11-12-29-27(30-18)35-22-14-24(32(17-22)15-20-8-3-5-9-23(20)28)26(33)31(2)16-21-13-19-7-4-6-10-25(19)34-21/h3-13,22,24H,14-17H2,1-2H3/t22-,24+/m1/s1. The summed E-state index contributed by atoms with van der Waals surface area (Å²) in [6.07, 6.45) is 2.43. The maximum atomic E-state index is 14.5. The van der Waals surface area contributed by atoms with Crippen LogP contribution in [-0.4, -0.2) is 50.6 Å². The van der Waals surface area contributed by atoms with Crippen molar-refractivity contribution in [1.82, 2.24) is 19.8 Å². The molecule has 35 heavy (non-hydrogen) atoms. The second-order valence-electron chi connectivity index (χ2n) is 8.94. The zero-order chi connectivity index (χ0) is 24.4. The number of aromatic nitrogens is 2. The molecule has 0 unspecified atom stereocenters. The van der Waals surface area contributed by atoms with Crippen LogP contribution in [0.2, 0.25) is 0 Å².